The first kappa shape index (κ1) is 18.3. The van der Waals surface area contributed by atoms with Crippen LogP contribution in [0.25, 0.3) is 0 Å². The largest absolute Gasteiger partial charge is 0.374 e. The summed E-state index contributed by atoms with van der Waals surface area (Å²) in [5.41, 5.74) is 0. The van der Waals surface area contributed by atoms with Crippen LogP contribution < -0.4 is 0 Å². The molecule has 0 aliphatic carbocycles. The van der Waals surface area contributed by atoms with E-state index in [4.69, 9.17) is 0 Å². The van der Waals surface area contributed by atoms with E-state index in [-0.39, 0.29) is 71.9 Å². The summed E-state index contributed by atoms with van der Waals surface area (Å²) >= 11 is 0. The molecule has 0 aromatic rings. The average Bonchev–Trinajstić information content (AvgIpc) is 1.90. The molecule has 1 rings (SSSR count). The Hall–Kier alpha value is 1.47. The third-order valence-corrected chi connectivity index (χ3v) is 1.29. The third kappa shape index (κ3) is 7.82. The van der Waals surface area contributed by atoms with Crippen molar-refractivity contribution >= 4 is 71.9 Å². The fourth-order valence-corrected chi connectivity index (χ4v) is 0.742. The molecule has 11 heavy (non-hydrogen) atoms. The van der Waals surface area contributed by atoms with E-state index in [0.717, 1.165) is 13.1 Å². The summed E-state index contributed by atoms with van der Waals surface area (Å²) in [5.74, 6) is 0. The van der Waals surface area contributed by atoms with E-state index in [0.29, 0.717) is 0 Å². The van der Waals surface area contributed by atoms with Crippen molar-refractivity contribution in [2.45, 2.75) is 6.92 Å². The second-order valence-electron chi connectivity index (χ2n) is 1.86. The van der Waals surface area contributed by atoms with Crippen LogP contribution in [0, 0.1) is 0 Å². The molecule has 1 aliphatic heterocycles. The van der Waals surface area contributed by atoms with Crippen molar-refractivity contribution in [2.24, 2.45) is 0 Å². The van der Waals surface area contributed by atoms with E-state index in [1.807, 2.05) is 0 Å². The minimum absolute atomic E-state index is 0. The number of likely N-dealkylation sites (N-methyl/N-ethyl adjacent to an activating group) is 1. The molecule has 4 heteroatoms. The van der Waals surface area contributed by atoms with Crippen molar-refractivity contribution < 1.29 is 0 Å². The van der Waals surface area contributed by atoms with E-state index in [1.165, 1.54) is 0 Å². The molecule has 0 amide bonds. The van der Waals surface area contributed by atoms with Gasteiger partial charge in [0.2, 0.25) is 0 Å². The number of hydrogen-bond donors (Lipinski definition) is 0. The first-order chi connectivity index (χ1) is 3.93. The molecule has 0 radical (unpaired) electrons. The van der Waals surface area contributed by atoms with Crippen molar-refractivity contribution in [3.05, 3.63) is 24.4 Å². The summed E-state index contributed by atoms with van der Waals surface area (Å²) < 4.78 is 0. The highest BCUT2D eigenvalue weighted by atomic mass is 127. The molecule has 0 aromatic carbocycles. The minimum atomic E-state index is 0. The van der Waals surface area contributed by atoms with Crippen LogP contribution in [0.1, 0.15) is 6.92 Å². The van der Waals surface area contributed by atoms with E-state index >= 15 is 0 Å². The summed E-state index contributed by atoms with van der Waals surface area (Å²) in [5, 5.41) is 0. The molecular formula is C7H14I3N. The Bertz CT molecular complexity index is 123. The Morgan fingerprint density at radius 2 is 1.82 bits per heavy atom. The van der Waals surface area contributed by atoms with Gasteiger partial charge in [0.15, 0.2) is 0 Å². The van der Waals surface area contributed by atoms with E-state index in [1.54, 1.807) is 0 Å². The normalized spacial score (nSPS) is 12.6. The SMILES string of the molecule is CCN1C=CC=CC1.I.I.I. The maximum Gasteiger partial charge on any atom is 0.0356 e. The van der Waals surface area contributed by atoms with Gasteiger partial charge in [-0.3, -0.25) is 0 Å². The predicted molar refractivity (Wildman–Crippen MR) is 81.8 cm³/mol. The van der Waals surface area contributed by atoms with Crippen LogP contribution in [0.2, 0.25) is 0 Å². The molecule has 1 aliphatic rings. The topological polar surface area (TPSA) is 3.24 Å². The molecule has 0 spiro atoms. The second-order valence-corrected chi connectivity index (χ2v) is 1.86. The molecule has 0 atom stereocenters. The Morgan fingerprint density at radius 1 is 1.18 bits per heavy atom. The number of allylic oxidation sites excluding steroid dienone is 2. The van der Waals surface area contributed by atoms with Gasteiger partial charge < -0.3 is 4.90 Å². The van der Waals surface area contributed by atoms with E-state index in [2.05, 4.69) is 36.3 Å². The molecular weight excluding hydrogens is 479 g/mol. The smallest absolute Gasteiger partial charge is 0.0356 e. The molecule has 0 fully saturated rings. The van der Waals surface area contributed by atoms with Gasteiger partial charge >= 0.3 is 0 Å². The predicted octanol–water partition coefficient (Wildman–Crippen LogP) is 3.25. The van der Waals surface area contributed by atoms with Gasteiger partial charge in [-0.2, -0.15) is 0 Å². The third-order valence-electron chi connectivity index (χ3n) is 1.29. The Morgan fingerprint density at radius 3 is 2.09 bits per heavy atom. The van der Waals surface area contributed by atoms with Gasteiger partial charge in [-0.15, -0.1) is 71.9 Å². The summed E-state index contributed by atoms with van der Waals surface area (Å²) in [7, 11) is 0. The van der Waals surface area contributed by atoms with Crippen molar-refractivity contribution in [3.8, 4) is 0 Å². The molecule has 0 saturated heterocycles. The van der Waals surface area contributed by atoms with Crippen LogP contribution in [0.4, 0.5) is 0 Å². The maximum atomic E-state index is 2.25. The van der Waals surface area contributed by atoms with Gasteiger partial charge in [-0.05, 0) is 19.2 Å². The quantitative estimate of drug-likeness (QED) is 0.508. The second kappa shape index (κ2) is 11.5. The highest BCUT2D eigenvalue weighted by molar-refractivity contribution is 14.0. The van der Waals surface area contributed by atoms with Gasteiger partial charge in [0.05, 0.1) is 0 Å². The Labute approximate surface area is 120 Å². The Kier molecular flexibility index (Phi) is 19.1. The molecule has 0 saturated carbocycles. The fourth-order valence-electron chi connectivity index (χ4n) is 0.742. The lowest BCUT2D eigenvalue weighted by atomic mass is 10.3. The number of rotatable bonds is 1. The number of nitrogens with zero attached hydrogens (tertiary/aromatic N) is 1. The fraction of sp³-hybridized carbons (Fsp3) is 0.429. The van der Waals surface area contributed by atoms with Crippen molar-refractivity contribution in [1.82, 2.24) is 4.90 Å². The van der Waals surface area contributed by atoms with Gasteiger partial charge in [-0.1, -0.05) is 12.2 Å². The standard InChI is InChI=1S/C7H11N.3HI/c1-2-8-6-4-3-5-7-8;;;/h3-6H,2,7H2,1H3;3*1H. The average molecular weight is 493 g/mol. The lowest BCUT2D eigenvalue weighted by molar-refractivity contribution is 0.436. The lowest BCUT2D eigenvalue weighted by Crippen LogP contribution is -2.17. The summed E-state index contributed by atoms with van der Waals surface area (Å²) in [6, 6.07) is 0. The van der Waals surface area contributed by atoms with Crippen LogP contribution in [0.15, 0.2) is 24.4 Å². The van der Waals surface area contributed by atoms with Gasteiger partial charge in [0, 0.05) is 13.1 Å². The Balaban J connectivity index is -0.000000213. The van der Waals surface area contributed by atoms with Crippen LogP contribution in [0.5, 0.6) is 0 Å². The molecule has 68 valence electrons. The summed E-state index contributed by atoms with van der Waals surface area (Å²) in [4.78, 5) is 2.25. The lowest BCUT2D eigenvalue weighted by Gasteiger charge is -2.16. The van der Waals surface area contributed by atoms with Crippen LogP contribution in [-0.4, -0.2) is 18.0 Å². The highest BCUT2D eigenvalue weighted by Crippen LogP contribution is 1.95. The molecule has 1 heterocycles. The maximum absolute atomic E-state index is 2.25. The summed E-state index contributed by atoms with van der Waals surface area (Å²) in [6.07, 6.45) is 8.41. The zero-order chi connectivity index (χ0) is 5.82. The molecule has 0 bridgehead atoms. The number of hydrogen-bond acceptors (Lipinski definition) is 1. The molecule has 0 N–H and O–H groups in total. The molecule has 0 aromatic heterocycles. The van der Waals surface area contributed by atoms with Crippen molar-refractivity contribution in [2.75, 3.05) is 13.1 Å². The summed E-state index contributed by atoms with van der Waals surface area (Å²) in [6.45, 7) is 4.34. The van der Waals surface area contributed by atoms with Gasteiger partial charge in [0.1, 0.15) is 0 Å². The van der Waals surface area contributed by atoms with Crippen molar-refractivity contribution in [3.63, 3.8) is 0 Å². The van der Waals surface area contributed by atoms with E-state index in [9.17, 15) is 0 Å². The highest BCUT2D eigenvalue weighted by Gasteiger charge is 1.91. The first-order valence-electron chi connectivity index (χ1n) is 3.01. The van der Waals surface area contributed by atoms with Crippen LogP contribution >= 0.6 is 71.9 Å². The zero-order valence-corrected chi connectivity index (χ0v) is 13.4. The van der Waals surface area contributed by atoms with E-state index < -0.39 is 0 Å². The van der Waals surface area contributed by atoms with Crippen LogP contribution in [0.3, 0.4) is 0 Å². The molecule has 1 nitrogen and oxygen atoms in total. The van der Waals surface area contributed by atoms with Crippen LogP contribution in [-0.2, 0) is 0 Å². The zero-order valence-electron chi connectivity index (χ0n) is 6.40. The first-order valence-corrected chi connectivity index (χ1v) is 3.01. The van der Waals surface area contributed by atoms with Gasteiger partial charge in [-0.25, -0.2) is 0 Å². The number of halogens is 3. The minimum Gasteiger partial charge on any atom is -0.374 e. The van der Waals surface area contributed by atoms with Gasteiger partial charge in [0.25, 0.3) is 0 Å². The van der Waals surface area contributed by atoms with Crippen molar-refractivity contribution in [1.29, 1.82) is 0 Å². The molecule has 0 unspecified atom stereocenters. The monoisotopic (exact) mass is 493 g/mol.